The third-order valence-electron chi connectivity index (χ3n) is 3.98. The Hall–Kier alpha value is -2.61. The van der Waals surface area contributed by atoms with E-state index in [0.717, 1.165) is 12.8 Å². The highest BCUT2D eigenvalue weighted by atomic mass is 19.1. The van der Waals surface area contributed by atoms with Gasteiger partial charge in [-0.1, -0.05) is 0 Å². The third kappa shape index (κ3) is 2.73. The lowest BCUT2D eigenvalue weighted by Gasteiger charge is -2.21. The first-order valence-corrected chi connectivity index (χ1v) is 7.21. The Morgan fingerprint density at radius 2 is 1.86 bits per heavy atom. The second-order valence-corrected chi connectivity index (χ2v) is 5.53. The summed E-state index contributed by atoms with van der Waals surface area (Å²) in [4.78, 5) is 12.2. The van der Waals surface area contributed by atoms with Gasteiger partial charge in [0.05, 0.1) is 6.07 Å². The van der Waals surface area contributed by atoms with Gasteiger partial charge in [0.25, 0.3) is 5.91 Å². The number of nitriles is 1. The number of halogens is 1. The molecule has 1 N–H and O–H groups in total. The highest BCUT2D eigenvalue weighted by Crippen LogP contribution is 2.30. The topological polar surface area (TPSA) is 66.0 Å². The number of hydrogen-bond donors (Lipinski definition) is 1. The van der Waals surface area contributed by atoms with Crippen molar-refractivity contribution in [3.8, 4) is 17.4 Å². The fraction of sp³-hybridized carbons (Fsp3) is 0.294. The summed E-state index contributed by atoms with van der Waals surface area (Å²) in [6, 6.07) is 11.3. The van der Waals surface area contributed by atoms with E-state index < -0.39 is 11.4 Å². The van der Waals surface area contributed by atoms with Crippen molar-refractivity contribution in [1.82, 2.24) is 5.32 Å². The molecule has 5 heteroatoms. The van der Waals surface area contributed by atoms with Gasteiger partial charge in [-0.05, 0) is 62.1 Å². The van der Waals surface area contributed by atoms with E-state index >= 15 is 0 Å². The Morgan fingerprint density at radius 3 is 2.50 bits per heavy atom. The SMILES string of the molecule is N#CC1(NC(=O)c2ccc(-c3ccc(F)cc3)o2)CCCC1. The molecule has 0 saturated heterocycles. The van der Waals surface area contributed by atoms with Crippen LogP contribution in [0.15, 0.2) is 40.8 Å². The van der Waals surface area contributed by atoms with Gasteiger partial charge in [-0.15, -0.1) is 0 Å². The second-order valence-electron chi connectivity index (χ2n) is 5.53. The number of carbonyl (C=O) groups excluding carboxylic acids is 1. The normalized spacial score (nSPS) is 16.2. The molecule has 1 saturated carbocycles. The first-order valence-electron chi connectivity index (χ1n) is 7.21. The molecule has 0 atom stereocenters. The van der Waals surface area contributed by atoms with Crippen molar-refractivity contribution in [1.29, 1.82) is 5.26 Å². The summed E-state index contributed by atoms with van der Waals surface area (Å²) >= 11 is 0. The summed E-state index contributed by atoms with van der Waals surface area (Å²) in [5.41, 5.74) is -0.0868. The molecule has 3 rings (SSSR count). The number of nitrogens with zero attached hydrogens (tertiary/aromatic N) is 1. The summed E-state index contributed by atoms with van der Waals surface area (Å²) < 4.78 is 18.4. The average molecular weight is 298 g/mol. The minimum atomic E-state index is -0.778. The molecule has 1 aromatic carbocycles. The Morgan fingerprint density at radius 1 is 1.18 bits per heavy atom. The van der Waals surface area contributed by atoms with Crippen LogP contribution in [0.5, 0.6) is 0 Å². The lowest BCUT2D eigenvalue weighted by molar-refractivity contribution is 0.0893. The van der Waals surface area contributed by atoms with E-state index in [1.54, 1.807) is 24.3 Å². The number of hydrogen-bond acceptors (Lipinski definition) is 3. The number of rotatable bonds is 3. The molecular weight excluding hydrogens is 283 g/mol. The van der Waals surface area contributed by atoms with Crippen LogP contribution in [0.25, 0.3) is 11.3 Å². The first-order chi connectivity index (χ1) is 10.6. The van der Waals surface area contributed by atoms with E-state index in [4.69, 9.17) is 4.42 Å². The molecule has 1 heterocycles. The van der Waals surface area contributed by atoms with Crippen LogP contribution in [-0.2, 0) is 0 Å². The van der Waals surface area contributed by atoms with Gasteiger partial charge in [0.2, 0.25) is 0 Å². The Bertz CT molecular complexity index is 722. The molecule has 0 radical (unpaired) electrons. The zero-order valence-corrected chi connectivity index (χ0v) is 11.9. The van der Waals surface area contributed by atoms with Crippen molar-refractivity contribution in [3.63, 3.8) is 0 Å². The summed E-state index contributed by atoms with van der Waals surface area (Å²) in [5, 5.41) is 12.1. The largest absolute Gasteiger partial charge is 0.451 e. The number of nitrogens with one attached hydrogen (secondary N) is 1. The predicted molar refractivity (Wildman–Crippen MR) is 78.4 cm³/mol. The Kier molecular flexibility index (Phi) is 3.68. The maximum atomic E-state index is 12.9. The molecule has 0 bridgehead atoms. The minimum Gasteiger partial charge on any atom is -0.451 e. The van der Waals surface area contributed by atoms with E-state index in [1.165, 1.54) is 12.1 Å². The minimum absolute atomic E-state index is 0.154. The number of furan rings is 1. The van der Waals surface area contributed by atoms with Crippen LogP contribution >= 0.6 is 0 Å². The van der Waals surface area contributed by atoms with Gasteiger partial charge in [-0.2, -0.15) is 5.26 Å². The van der Waals surface area contributed by atoms with E-state index in [1.807, 2.05) is 0 Å². The number of carbonyl (C=O) groups is 1. The average Bonchev–Trinajstić information content (AvgIpc) is 3.18. The summed E-state index contributed by atoms with van der Waals surface area (Å²) in [5.74, 6) is -0.0780. The summed E-state index contributed by atoms with van der Waals surface area (Å²) in [6.07, 6.45) is 3.21. The quantitative estimate of drug-likeness (QED) is 0.940. The van der Waals surface area contributed by atoms with Crippen molar-refractivity contribution >= 4 is 5.91 Å². The molecule has 22 heavy (non-hydrogen) atoms. The molecular formula is C17H15FN2O2. The van der Waals surface area contributed by atoms with Gasteiger partial charge in [-0.3, -0.25) is 4.79 Å². The predicted octanol–water partition coefficient (Wildman–Crippen LogP) is 3.65. The fourth-order valence-corrected chi connectivity index (χ4v) is 2.75. The monoisotopic (exact) mass is 298 g/mol. The molecule has 0 unspecified atom stereocenters. The van der Waals surface area contributed by atoms with Crippen LogP contribution in [0.2, 0.25) is 0 Å². The first kappa shape index (κ1) is 14.3. The molecule has 0 aliphatic heterocycles. The van der Waals surface area contributed by atoms with Crippen LogP contribution in [0.4, 0.5) is 4.39 Å². The standard InChI is InChI=1S/C17H15FN2O2/c18-13-5-3-12(4-6-13)14-7-8-15(22-14)16(21)20-17(11-19)9-1-2-10-17/h3-8H,1-2,9-10H2,(H,20,21). The molecule has 1 fully saturated rings. The molecule has 2 aromatic rings. The molecule has 1 amide bonds. The summed E-state index contributed by atoms with van der Waals surface area (Å²) in [7, 11) is 0. The van der Waals surface area contributed by atoms with E-state index in [9.17, 15) is 14.4 Å². The van der Waals surface area contributed by atoms with E-state index in [-0.39, 0.29) is 11.6 Å². The molecule has 112 valence electrons. The van der Waals surface area contributed by atoms with Crippen LogP contribution in [0, 0.1) is 17.1 Å². The number of benzene rings is 1. The second kappa shape index (κ2) is 5.64. The van der Waals surface area contributed by atoms with Crippen molar-refractivity contribution in [2.24, 2.45) is 0 Å². The smallest absolute Gasteiger partial charge is 0.288 e. The molecule has 1 aliphatic carbocycles. The lowest BCUT2D eigenvalue weighted by atomic mass is 10.00. The van der Waals surface area contributed by atoms with Crippen LogP contribution in [0.1, 0.15) is 36.2 Å². The van der Waals surface area contributed by atoms with Gasteiger partial charge >= 0.3 is 0 Å². The summed E-state index contributed by atoms with van der Waals surface area (Å²) in [6.45, 7) is 0. The van der Waals surface area contributed by atoms with Gasteiger partial charge in [0, 0.05) is 5.56 Å². The van der Waals surface area contributed by atoms with Gasteiger partial charge < -0.3 is 9.73 Å². The van der Waals surface area contributed by atoms with Crippen LogP contribution < -0.4 is 5.32 Å². The number of amides is 1. The van der Waals surface area contributed by atoms with Gasteiger partial charge in [-0.25, -0.2) is 4.39 Å². The maximum absolute atomic E-state index is 12.9. The van der Waals surface area contributed by atoms with Crippen LogP contribution in [-0.4, -0.2) is 11.4 Å². The molecule has 4 nitrogen and oxygen atoms in total. The van der Waals surface area contributed by atoms with Crippen molar-refractivity contribution in [3.05, 3.63) is 48.0 Å². The molecule has 1 aliphatic rings. The maximum Gasteiger partial charge on any atom is 0.288 e. The third-order valence-corrected chi connectivity index (χ3v) is 3.98. The van der Waals surface area contributed by atoms with E-state index in [0.29, 0.717) is 24.2 Å². The lowest BCUT2D eigenvalue weighted by Crippen LogP contribution is -2.44. The molecule has 0 spiro atoms. The fourth-order valence-electron chi connectivity index (χ4n) is 2.75. The Labute approximate surface area is 127 Å². The molecule has 1 aromatic heterocycles. The van der Waals surface area contributed by atoms with Crippen molar-refractivity contribution in [2.75, 3.05) is 0 Å². The highest BCUT2D eigenvalue weighted by Gasteiger charge is 2.36. The Balaban J connectivity index is 1.77. The van der Waals surface area contributed by atoms with E-state index in [2.05, 4.69) is 11.4 Å². The van der Waals surface area contributed by atoms with Crippen molar-refractivity contribution < 1.29 is 13.6 Å². The van der Waals surface area contributed by atoms with Crippen molar-refractivity contribution in [2.45, 2.75) is 31.2 Å². The van der Waals surface area contributed by atoms with Gasteiger partial charge in [0.1, 0.15) is 17.1 Å². The zero-order chi connectivity index (χ0) is 15.6. The zero-order valence-electron chi connectivity index (χ0n) is 11.9. The van der Waals surface area contributed by atoms with Gasteiger partial charge in [0.15, 0.2) is 5.76 Å². The van der Waals surface area contributed by atoms with Crippen LogP contribution in [0.3, 0.4) is 0 Å². The highest BCUT2D eigenvalue weighted by molar-refractivity contribution is 5.92.